The highest BCUT2D eigenvalue weighted by Crippen LogP contribution is 2.12. The lowest BCUT2D eigenvalue weighted by molar-refractivity contribution is -0.133. The van der Waals surface area contributed by atoms with Gasteiger partial charge in [-0.05, 0) is 10.5 Å². The molecule has 0 amide bonds. The van der Waals surface area contributed by atoms with Crippen molar-refractivity contribution in [2.75, 3.05) is 11.5 Å². The van der Waals surface area contributed by atoms with E-state index >= 15 is 0 Å². The van der Waals surface area contributed by atoms with Crippen LogP contribution in [0.5, 0.6) is 0 Å². The molecule has 0 heterocycles. The van der Waals surface area contributed by atoms with Gasteiger partial charge in [0, 0.05) is 0 Å². The van der Waals surface area contributed by atoms with Crippen LogP contribution in [0.25, 0.3) is 0 Å². The van der Waals surface area contributed by atoms with Crippen molar-refractivity contribution in [2.45, 2.75) is 38.2 Å². The Balaban J connectivity index is 3.71. The number of hydrogen-bond acceptors (Lipinski definition) is 4. The van der Waals surface area contributed by atoms with E-state index in [1.54, 1.807) is 0 Å². The zero-order valence-corrected chi connectivity index (χ0v) is 10.8. The number of carbonyl (C=O) groups is 2. The summed E-state index contributed by atoms with van der Waals surface area (Å²) in [5, 5.41) is 0.814. The average Bonchev–Trinajstić information content (AvgIpc) is 2.09. The molecular weight excluding hydrogens is 216 g/mol. The van der Waals surface area contributed by atoms with E-state index in [2.05, 4.69) is 0 Å². The lowest BCUT2D eigenvalue weighted by Gasteiger charge is -2.04. The minimum atomic E-state index is -0.239. The van der Waals surface area contributed by atoms with Gasteiger partial charge in [0.05, 0.1) is 11.5 Å². The lowest BCUT2D eigenvalue weighted by atomic mass is 10.3. The molecule has 0 spiro atoms. The van der Waals surface area contributed by atoms with Crippen molar-refractivity contribution < 1.29 is 9.59 Å². The molecule has 0 aliphatic carbocycles. The molecule has 0 aromatic rings. The first-order chi connectivity index (χ1) is 6.43. The molecule has 0 rings (SSSR count). The largest absolute Gasteiger partial charge is 0.290 e. The molecule has 14 heavy (non-hydrogen) atoms. The van der Waals surface area contributed by atoms with Gasteiger partial charge in [0.2, 0.25) is 11.6 Å². The first-order valence-electron chi connectivity index (χ1n) is 4.72. The lowest BCUT2D eigenvalue weighted by Crippen LogP contribution is -2.20. The summed E-state index contributed by atoms with van der Waals surface area (Å²) in [6, 6.07) is 0. The SMILES string of the molecule is CC(C)SCC(=O)C(=O)CSC(C)C. The average molecular weight is 234 g/mol. The summed E-state index contributed by atoms with van der Waals surface area (Å²) in [5.41, 5.74) is 0. The second-order valence-corrected chi connectivity index (χ2v) is 6.70. The summed E-state index contributed by atoms with van der Waals surface area (Å²) in [5.74, 6) is 0.179. The van der Waals surface area contributed by atoms with Crippen LogP contribution in [0.2, 0.25) is 0 Å². The van der Waals surface area contributed by atoms with Gasteiger partial charge < -0.3 is 0 Å². The Morgan fingerprint density at radius 2 is 1.14 bits per heavy atom. The molecule has 0 saturated carbocycles. The van der Waals surface area contributed by atoms with Gasteiger partial charge in [0.25, 0.3) is 0 Å². The smallest absolute Gasteiger partial charge is 0.209 e. The van der Waals surface area contributed by atoms with Crippen molar-refractivity contribution >= 4 is 35.1 Å². The van der Waals surface area contributed by atoms with Crippen molar-refractivity contribution in [1.29, 1.82) is 0 Å². The molecule has 0 N–H and O–H groups in total. The van der Waals surface area contributed by atoms with Crippen molar-refractivity contribution in [3.8, 4) is 0 Å². The van der Waals surface area contributed by atoms with E-state index in [4.69, 9.17) is 0 Å². The minimum absolute atomic E-state index is 0.239. The van der Waals surface area contributed by atoms with Crippen LogP contribution in [0, 0.1) is 0 Å². The van der Waals surface area contributed by atoms with E-state index < -0.39 is 0 Å². The van der Waals surface area contributed by atoms with Gasteiger partial charge in [-0.15, -0.1) is 0 Å². The quantitative estimate of drug-likeness (QED) is 0.634. The molecule has 0 aliphatic heterocycles. The summed E-state index contributed by atoms with van der Waals surface area (Å²) in [6.07, 6.45) is 0. The molecule has 0 atom stereocenters. The monoisotopic (exact) mass is 234 g/mol. The van der Waals surface area contributed by atoms with Crippen LogP contribution < -0.4 is 0 Å². The van der Waals surface area contributed by atoms with Crippen molar-refractivity contribution in [3.63, 3.8) is 0 Å². The Morgan fingerprint density at radius 1 is 0.857 bits per heavy atom. The van der Waals surface area contributed by atoms with Crippen LogP contribution >= 0.6 is 23.5 Å². The maximum Gasteiger partial charge on any atom is 0.209 e. The third kappa shape index (κ3) is 7.44. The van der Waals surface area contributed by atoms with Crippen LogP contribution in [-0.4, -0.2) is 33.6 Å². The second-order valence-electron chi connectivity index (χ2n) is 3.57. The maximum atomic E-state index is 11.3. The van der Waals surface area contributed by atoms with Crippen molar-refractivity contribution in [3.05, 3.63) is 0 Å². The molecule has 0 aliphatic rings. The molecule has 82 valence electrons. The van der Waals surface area contributed by atoms with E-state index in [1.807, 2.05) is 27.7 Å². The molecule has 0 radical (unpaired) electrons. The normalized spacial score (nSPS) is 11.0. The van der Waals surface area contributed by atoms with E-state index in [9.17, 15) is 9.59 Å². The van der Waals surface area contributed by atoms with Gasteiger partial charge in [-0.1, -0.05) is 27.7 Å². The van der Waals surface area contributed by atoms with E-state index in [0.29, 0.717) is 22.0 Å². The molecule has 4 heteroatoms. The molecule has 2 nitrogen and oxygen atoms in total. The highest BCUT2D eigenvalue weighted by molar-refractivity contribution is 8.01. The predicted octanol–water partition coefficient (Wildman–Crippen LogP) is 2.41. The van der Waals surface area contributed by atoms with Crippen LogP contribution in [0.4, 0.5) is 0 Å². The van der Waals surface area contributed by atoms with Crippen molar-refractivity contribution in [2.24, 2.45) is 0 Å². The van der Waals surface area contributed by atoms with Crippen molar-refractivity contribution in [1.82, 2.24) is 0 Å². The van der Waals surface area contributed by atoms with E-state index in [-0.39, 0.29) is 11.6 Å². The second kappa shape index (κ2) is 7.35. The van der Waals surface area contributed by atoms with Gasteiger partial charge in [0.15, 0.2) is 0 Å². The van der Waals surface area contributed by atoms with Gasteiger partial charge in [-0.25, -0.2) is 0 Å². The summed E-state index contributed by atoms with van der Waals surface area (Å²) in [7, 11) is 0. The van der Waals surface area contributed by atoms with E-state index in [1.165, 1.54) is 23.5 Å². The summed E-state index contributed by atoms with van der Waals surface area (Å²) < 4.78 is 0. The predicted molar refractivity (Wildman–Crippen MR) is 65.2 cm³/mol. The molecule has 0 aromatic heterocycles. The van der Waals surface area contributed by atoms with Crippen LogP contribution in [-0.2, 0) is 9.59 Å². The minimum Gasteiger partial charge on any atom is -0.290 e. The molecule has 0 aromatic carbocycles. The summed E-state index contributed by atoms with van der Waals surface area (Å²) in [6.45, 7) is 8.08. The van der Waals surface area contributed by atoms with Gasteiger partial charge in [-0.2, -0.15) is 23.5 Å². The third-order valence-electron chi connectivity index (χ3n) is 1.41. The molecule has 0 bridgehead atoms. The fourth-order valence-electron chi connectivity index (χ4n) is 0.646. The fourth-order valence-corrected chi connectivity index (χ4v) is 1.94. The van der Waals surface area contributed by atoms with Crippen LogP contribution in [0.1, 0.15) is 27.7 Å². The zero-order valence-electron chi connectivity index (χ0n) is 9.20. The number of rotatable bonds is 7. The topological polar surface area (TPSA) is 34.1 Å². The Bertz CT molecular complexity index is 178. The number of hydrogen-bond donors (Lipinski definition) is 0. The first-order valence-corrected chi connectivity index (χ1v) is 6.82. The zero-order chi connectivity index (χ0) is 11.1. The van der Waals surface area contributed by atoms with Gasteiger partial charge in [-0.3, -0.25) is 9.59 Å². The number of ketones is 2. The molecule has 0 unspecified atom stereocenters. The molecule has 0 fully saturated rings. The maximum absolute atomic E-state index is 11.3. The standard InChI is InChI=1S/C10H18O2S2/c1-7(2)13-5-9(11)10(12)6-14-8(3)4/h7-8H,5-6H2,1-4H3. The highest BCUT2D eigenvalue weighted by atomic mass is 32.2. The fraction of sp³-hybridized carbons (Fsp3) is 0.800. The first kappa shape index (κ1) is 14.0. The Hall–Kier alpha value is 0.0400. The Labute approximate surface area is 94.6 Å². The highest BCUT2D eigenvalue weighted by Gasteiger charge is 2.14. The number of carbonyl (C=O) groups excluding carboxylic acids is 2. The molecular formula is C10H18O2S2. The van der Waals surface area contributed by atoms with E-state index in [0.717, 1.165) is 0 Å². The molecule has 0 saturated heterocycles. The Kier molecular flexibility index (Phi) is 7.37. The van der Waals surface area contributed by atoms with Gasteiger partial charge >= 0.3 is 0 Å². The van der Waals surface area contributed by atoms with Crippen LogP contribution in [0.15, 0.2) is 0 Å². The third-order valence-corrected chi connectivity index (χ3v) is 3.60. The number of thioether (sulfide) groups is 2. The number of Topliss-reactive ketones (excluding diaryl/α,β-unsaturated/α-hetero) is 2. The summed E-state index contributed by atoms with van der Waals surface area (Å²) in [4.78, 5) is 22.6. The van der Waals surface area contributed by atoms with Gasteiger partial charge in [0.1, 0.15) is 0 Å². The Morgan fingerprint density at radius 3 is 1.36 bits per heavy atom. The summed E-state index contributed by atoms with van der Waals surface area (Å²) >= 11 is 3.04. The van der Waals surface area contributed by atoms with Crippen LogP contribution in [0.3, 0.4) is 0 Å².